The smallest absolute Gasteiger partial charge is 0.322 e. The Hall–Kier alpha value is -2.71. The van der Waals surface area contributed by atoms with Gasteiger partial charge in [0.25, 0.3) is 0 Å². The van der Waals surface area contributed by atoms with E-state index < -0.39 is 5.69 Å². The average molecular weight is 439 g/mol. The van der Waals surface area contributed by atoms with Crippen molar-refractivity contribution in [1.82, 2.24) is 24.7 Å². The lowest BCUT2D eigenvalue weighted by atomic mass is 10.0. The quantitative estimate of drug-likeness (QED) is 0.749. The maximum absolute atomic E-state index is 12.5. The second kappa shape index (κ2) is 10.7. The van der Waals surface area contributed by atoms with Crippen molar-refractivity contribution >= 4 is 11.8 Å². The molecule has 1 unspecified atom stereocenters. The summed E-state index contributed by atoms with van der Waals surface area (Å²) >= 11 is 0. The summed E-state index contributed by atoms with van der Waals surface area (Å²) in [6.45, 7) is 8.66. The van der Waals surface area contributed by atoms with Gasteiger partial charge in [0.1, 0.15) is 5.82 Å². The number of piperazine rings is 1. The van der Waals surface area contributed by atoms with Crippen LogP contribution in [-0.2, 0) is 6.42 Å². The number of carbonyl (C=O) groups excluding carboxylic acids is 1. The highest BCUT2D eigenvalue weighted by molar-refractivity contribution is 5.88. The Morgan fingerprint density at radius 3 is 2.62 bits per heavy atom. The molecule has 1 atom stereocenters. The Morgan fingerprint density at radius 1 is 1.09 bits per heavy atom. The molecule has 0 bridgehead atoms. The number of rotatable bonds is 5. The summed E-state index contributed by atoms with van der Waals surface area (Å²) in [5.74, 6) is 1.12. The van der Waals surface area contributed by atoms with Gasteiger partial charge in [-0.05, 0) is 68.5 Å². The third-order valence-electron chi connectivity index (χ3n) is 6.48. The molecule has 8 nitrogen and oxygen atoms in total. The molecule has 3 heterocycles. The number of hydrogen-bond donors (Lipinski definition) is 2. The molecule has 1 aromatic carbocycles. The van der Waals surface area contributed by atoms with Gasteiger partial charge in [-0.25, -0.2) is 9.59 Å². The molecule has 0 spiro atoms. The monoisotopic (exact) mass is 438 g/mol. The maximum atomic E-state index is 12.5. The fourth-order valence-electron chi connectivity index (χ4n) is 4.38. The fraction of sp³-hybridized carbons (Fsp3) is 0.542. The summed E-state index contributed by atoms with van der Waals surface area (Å²) in [4.78, 5) is 33.2. The molecule has 2 aliphatic heterocycles. The van der Waals surface area contributed by atoms with Crippen molar-refractivity contribution in [3.63, 3.8) is 0 Å². The van der Waals surface area contributed by atoms with Crippen LogP contribution >= 0.6 is 0 Å². The predicted octanol–water partition coefficient (Wildman–Crippen LogP) is 2.33. The van der Waals surface area contributed by atoms with E-state index in [-0.39, 0.29) is 11.8 Å². The fourth-order valence-corrected chi connectivity index (χ4v) is 4.38. The van der Waals surface area contributed by atoms with E-state index in [2.05, 4.69) is 39.6 Å². The Bertz CT molecular complexity index is 952. The normalized spacial score (nSPS) is 20.0. The summed E-state index contributed by atoms with van der Waals surface area (Å²) in [5, 5.41) is 5.93. The van der Waals surface area contributed by atoms with Gasteiger partial charge in [-0.15, -0.1) is 0 Å². The van der Waals surface area contributed by atoms with Gasteiger partial charge >= 0.3 is 11.7 Å². The Labute approximate surface area is 189 Å². The first-order chi connectivity index (χ1) is 15.6. The van der Waals surface area contributed by atoms with E-state index in [0.717, 1.165) is 37.7 Å². The molecular weight excluding hydrogens is 404 g/mol. The highest BCUT2D eigenvalue weighted by atomic mass is 16.2. The van der Waals surface area contributed by atoms with Crippen LogP contribution in [0.5, 0.6) is 0 Å². The number of amides is 2. The van der Waals surface area contributed by atoms with Crippen molar-refractivity contribution in [2.75, 3.05) is 51.1 Å². The van der Waals surface area contributed by atoms with Gasteiger partial charge in [-0.2, -0.15) is 4.98 Å². The molecule has 4 rings (SSSR count). The minimum atomic E-state index is -0.408. The molecule has 2 N–H and O–H groups in total. The predicted molar refractivity (Wildman–Crippen MR) is 126 cm³/mol. The van der Waals surface area contributed by atoms with Crippen molar-refractivity contribution in [3.05, 3.63) is 52.6 Å². The summed E-state index contributed by atoms with van der Waals surface area (Å²) in [5.41, 5.74) is 1.64. The molecule has 1 aromatic heterocycles. The van der Waals surface area contributed by atoms with Crippen LogP contribution < -0.4 is 16.3 Å². The van der Waals surface area contributed by atoms with E-state index in [9.17, 15) is 9.59 Å². The third kappa shape index (κ3) is 5.95. The second-order valence-corrected chi connectivity index (χ2v) is 8.93. The van der Waals surface area contributed by atoms with Gasteiger partial charge in [-0.1, -0.05) is 19.1 Å². The van der Waals surface area contributed by atoms with Gasteiger partial charge in [0.2, 0.25) is 0 Å². The van der Waals surface area contributed by atoms with Crippen molar-refractivity contribution < 1.29 is 4.79 Å². The highest BCUT2D eigenvalue weighted by Gasteiger charge is 2.17. The standard InChI is InChI=1S/C24H34N6O2/c1-19-3-2-13-28(14-8-19)15-9-20-4-6-21(7-5-20)30-16-10-22(27-24(30)32)26-23(31)29-17-11-25-12-18-29/h4-7,10,16,19,25H,2-3,8-9,11-15,17-18H2,1H3,(H,26,27,31,32). The van der Waals surface area contributed by atoms with Gasteiger partial charge < -0.3 is 15.1 Å². The summed E-state index contributed by atoms with van der Waals surface area (Å²) in [6, 6.07) is 9.53. The number of benzene rings is 1. The van der Waals surface area contributed by atoms with Crippen molar-refractivity contribution in [3.8, 4) is 5.69 Å². The minimum absolute atomic E-state index is 0.223. The van der Waals surface area contributed by atoms with E-state index in [1.54, 1.807) is 17.2 Å². The van der Waals surface area contributed by atoms with Crippen molar-refractivity contribution in [2.24, 2.45) is 5.92 Å². The second-order valence-electron chi connectivity index (χ2n) is 8.93. The topological polar surface area (TPSA) is 82.5 Å². The first kappa shape index (κ1) is 22.5. The summed E-state index contributed by atoms with van der Waals surface area (Å²) in [6.07, 6.45) is 6.60. The van der Waals surface area contributed by atoms with E-state index in [1.165, 1.54) is 42.5 Å². The number of nitrogens with zero attached hydrogens (tertiary/aromatic N) is 4. The number of urea groups is 1. The Kier molecular flexibility index (Phi) is 7.55. The first-order valence-electron chi connectivity index (χ1n) is 11.8. The summed E-state index contributed by atoms with van der Waals surface area (Å²) < 4.78 is 1.50. The lowest BCUT2D eigenvalue weighted by Crippen LogP contribution is -2.48. The third-order valence-corrected chi connectivity index (χ3v) is 6.48. The molecule has 2 aliphatic rings. The largest absolute Gasteiger partial charge is 0.354 e. The van der Waals surface area contributed by atoms with Crippen LogP contribution in [0, 0.1) is 5.92 Å². The minimum Gasteiger partial charge on any atom is -0.322 e. The molecule has 172 valence electrons. The van der Waals surface area contributed by atoms with Gasteiger partial charge in [0, 0.05) is 38.9 Å². The van der Waals surface area contributed by atoms with Crippen molar-refractivity contribution in [1.29, 1.82) is 0 Å². The zero-order valence-corrected chi connectivity index (χ0v) is 18.9. The molecule has 0 saturated carbocycles. The molecule has 2 fully saturated rings. The van der Waals surface area contributed by atoms with Crippen LogP contribution in [0.15, 0.2) is 41.3 Å². The van der Waals surface area contributed by atoms with Crippen LogP contribution in [0.3, 0.4) is 0 Å². The van der Waals surface area contributed by atoms with E-state index >= 15 is 0 Å². The number of nitrogens with one attached hydrogen (secondary N) is 2. The molecule has 8 heteroatoms. The van der Waals surface area contributed by atoms with Gasteiger partial charge in [0.15, 0.2) is 0 Å². The molecule has 2 saturated heterocycles. The zero-order valence-electron chi connectivity index (χ0n) is 18.9. The maximum Gasteiger partial charge on any atom is 0.354 e. The number of hydrogen-bond acceptors (Lipinski definition) is 5. The lowest BCUT2D eigenvalue weighted by molar-refractivity contribution is 0.204. The van der Waals surface area contributed by atoms with Crippen molar-refractivity contribution in [2.45, 2.75) is 32.6 Å². The van der Waals surface area contributed by atoms with E-state index in [1.807, 2.05) is 12.1 Å². The molecule has 2 amide bonds. The van der Waals surface area contributed by atoms with E-state index in [0.29, 0.717) is 13.1 Å². The number of aromatic nitrogens is 2. The van der Waals surface area contributed by atoms with E-state index in [4.69, 9.17) is 0 Å². The average Bonchev–Trinajstić information content (AvgIpc) is 3.03. The number of anilines is 1. The highest BCUT2D eigenvalue weighted by Crippen LogP contribution is 2.17. The Morgan fingerprint density at radius 2 is 1.88 bits per heavy atom. The molecule has 0 radical (unpaired) electrons. The van der Waals surface area contributed by atoms with Crippen LogP contribution in [0.1, 0.15) is 31.7 Å². The molecule has 0 aliphatic carbocycles. The lowest BCUT2D eigenvalue weighted by Gasteiger charge is -2.27. The Balaban J connectivity index is 1.34. The van der Waals surface area contributed by atoms with Gasteiger partial charge in [-0.3, -0.25) is 9.88 Å². The summed E-state index contributed by atoms with van der Waals surface area (Å²) in [7, 11) is 0. The molecule has 2 aromatic rings. The molecule has 32 heavy (non-hydrogen) atoms. The van der Waals surface area contributed by atoms with Crippen LogP contribution in [-0.4, -0.2) is 71.2 Å². The van der Waals surface area contributed by atoms with Crippen LogP contribution in [0.4, 0.5) is 10.6 Å². The van der Waals surface area contributed by atoms with Crippen LogP contribution in [0.25, 0.3) is 5.69 Å². The number of likely N-dealkylation sites (tertiary alicyclic amines) is 1. The van der Waals surface area contributed by atoms with Crippen LogP contribution in [0.2, 0.25) is 0 Å². The number of carbonyl (C=O) groups is 1. The zero-order chi connectivity index (χ0) is 22.3. The van der Waals surface area contributed by atoms with Gasteiger partial charge in [0.05, 0.1) is 5.69 Å². The molecular formula is C24H34N6O2. The first-order valence-corrected chi connectivity index (χ1v) is 11.8. The SMILES string of the molecule is CC1CCCN(CCc2ccc(-n3ccc(NC(=O)N4CCNCC4)nc3=O)cc2)CC1.